The molecule has 10 heteroatoms. The number of carbonyl (C=O) groups excluding carboxylic acids is 2. The molecule has 1 saturated carbocycles. The van der Waals surface area contributed by atoms with Gasteiger partial charge in [0.25, 0.3) is 11.8 Å². The molecule has 0 bridgehead atoms. The molecule has 0 radical (unpaired) electrons. The standard InChI is InChI=1S/C35H34F3N3O4.CH4/c1-41-22-28(40-32(42)30-5-3-2-4-29(30)26-10-12-27(13-11-26)35(36,37)38)20-31(41)33(43)39-21-23-6-8-24(9-7-23)25-14-16-34(17-15-25)44-18-19-45-34;/h2-13,20,22,25H,14-19,21H2,1H3,(H,39,43)(H,40,42);1H4. The zero-order valence-corrected chi connectivity index (χ0v) is 24.8. The van der Waals surface area contributed by atoms with Crippen LogP contribution in [0.15, 0.2) is 85.1 Å². The van der Waals surface area contributed by atoms with Crippen LogP contribution in [0.4, 0.5) is 18.9 Å². The van der Waals surface area contributed by atoms with Crippen molar-refractivity contribution in [1.29, 1.82) is 0 Å². The highest BCUT2D eigenvalue weighted by Gasteiger charge is 2.40. The zero-order valence-electron chi connectivity index (χ0n) is 24.8. The quantitative estimate of drug-likeness (QED) is 0.217. The Morgan fingerprint density at radius 2 is 1.57 bits per heavy atom. The van der Waals surface area contributed by atoms with Gasteiger partial charge in [0.2, 0.25) is 0 Å². The second kappa shape index (κ2) is 13.5. The minimum atomic E-state index is -4.45. The minimum Gasteiger partial charge on any atom is -0.348 e. The van der Waals surface area contributed by atoms with Crippen LogP contribution in [0.3, 0.4) is 0 Å². The summed E-state index contributed by atoms with van der Waals surface area (Å²) in [6.07, 6.45) is 1.03. The van der Waals surface area contributed by atoms with Gasteiger partial charge in [0.15, 0.2) is 5.79 Å². The third kappa shape index (κ3) is 7.18. The van der Waals surface area contributed by atoms with E-state index in [1.807, 2.05) is 12.1 Å². The molecule has 2 heterocycles. The molecule has 7 nitrogen and oxygen atoms in total. The fraction of sp³-hybridized carbons (Fsp3) is 0.333. The van der Waals surface area contributed by atoms with Gasteiger partial charge in [-0.15, -0.1) is 0 Å². The van der Waals surface area contributed by atoms with Crippen molar-refractivity contribution in [1.82, 2.24) is 9.88 Å². The molecule has 4 aromatic rings. The summed E-state index contributed by atoms with van der Waals surface area (Å²) in [5, 5.41) is 5.76. The predicted octanol–water partition coefficient (Wildman–Crippen LogP) is 7.93. The van der Waals surface area contributed by atoms with E-state index in [9.17, 15) is 22.8 Å². The van der Waals surface area contributed by atoms with Crippen molar-refractivity contribution in [3.8, 4) is 11.1 Å². The van der Waals surface area contributed by atoms with E-state index < -0.39 is 17.6 Å². The molecule has 2 amide bonds. The van der Waals surface area contributed by atoms with Gasteiger partial charge in [-0.2, -0.15) is 13.2 Å². The van der Waals surface area contributed by atoms with Gasteiger partial charge in [0.05, 0.1) is 24.5 Å². The second-order valence-corrected chi connectivity index (χ2v) is 11.6. The van der Waals surface area contributed by atoms with E-state index in [2.05, 4.69) is 22.8 Å². The molecular weight excluding hydrogens is 595 g/mol. The Kier molecular flexibility index (Phi) is 9.69. The van der Waals surface area contributed by atoms with Crippen LogP contribution in [0.2, 0.25) is 0 Å². The molecule has 3 aromatic carbocycles. The van der Waals surface area contributed by atoms with Crippen molar-refractivity contribution in [2.45, 2.75) is 57.5 Å². The first-order valence-corrected chi connectivity index (χ1v) is 15.0. The molecule has 0 atom stereocenters. The molecule has 2 N–H and O–H groups in total. The summed E-state index contributed by atoms with van der Waals surface area (Å²) in [4.78, 5) is 26.3. The first-order valence-electron chi connectivity index (χ1n) is 15.0. The summed E-state index contributed by atoms with van der Waals surface area (Å²) >= 11 is 0. The Bertz CT molecular complexity index is 1660. The average molecular weight is 634 g/mol. The van der Waals surface area contributed by atoms with Gasteiger partial charge in [-0.3, -0.25) is 9.59 Å². The molecule has 2 fully saturated rings. The number of alkyl halides is 3. The van der Waals surface area contributed by atoms with Crippen molar-refractivity contribution >= 4 is 17.5 Å². The van der Waals surface area contributed by atoms with Crippen LogP contribution >= 0.6 is 0 Å². The van der Waals surface area contributed by atoms with Crippen molar-refractivity contribution in [2.75, 3.05) is 18.5 Å². The molecule has 1 aromatic heterocycles. The molecule has 6 rings (SSSR count). The van der Waals surface area contributed by atoms with Crippen LogP contribution in [0.25, 0.3) is 11.1 Å². The van der Waals surface area contributed by atoms with Crippen LogP contribution in [0, 0.1) is 0 Å². The Hall–Kier alpha value is -4.41. The molecule has 1 spiro atoms. The van der Waals surface area contributed by atoms with Crippen LogP contribution in [0.5, 0.6) is 0 Å². The summed E-state index contributed by atoms with van der Waals surface area (Å²) in [5.41, 5.74) is 3.55. The highest BCUT2D eigenvalue weighted by molar-refractivity contribution is 6.09. The van der Waals surface area contributed by atoms with Gasteiger partial charge in [0.1, 0.15) is 5.69 Å². The normalized spacial score (nSPS) is 16.2. The zero-order chi connectivity index (χ0) is 31.6. The third-order valence-corrected chi connectivity index (χ3v) is 8.66. The number of nitrogens with zero attached hydrogens (tertiary/aromatic N) is 1. The molecule has 1 saturated heterocycles. The number of halogens is 3. The average Bonchev–Trinajstić information content (AvgIpc) is 3.66. The fourth-order valence-corrected chi connectivity index (χ4v) is 6.19. The molecule has 46 heavy (non-hydrogen) atoms. The van der Waals surface area contributed by atoms with E-state index in [1.165, 1.54) is 17.7 Å². The lowest BCUT2D eigenvalue weighted by Crippen LogP contribution is -2.34. The molecule has 0 unspecified atom stereocenters. The predicted molar refractivity (Wildman–Crippen MR) is 170 cm³/mol. The minimum absolute atomic E-state index is 0. The highest BCUT2D eigenvalue weighted by atomic mass is 19.4. The lowest BCUT2D eigenvalue weighted by molar-refractivity contribution is -0.178. The molecular formula is C36H38F3N3O4. The van der Waals surface area contributed by atoms with Crippen molar-refractivity contribution in [3.63, 3.8) is 0 Å². The number of anilines is 1. The number of nitrogens with one attached hydrogen (secondary N) is 2. The largest absolute Gasteiger partial charge is 0.416 e. The maximum atomic E-state index is 13.2. The van der Waals surface area contributed by atoms with E-state index in [0.717, 1.165) is 43.4 Å². The molecule has 1 aliphatic carbocycles. The summed E-state index contributed by atoms with van der Waals surface area (Å²) < 4.78 is 52.4. The first kappa shape index (κ1) is 33.0. The van der Waals surface area contributed by atoms with E-state index in [0.29, 0.717) is 53.7 Å². The summed E-state index contributed by atoms with van der Waals surface area (Å²) in [6, 6.07) is 21.3. The third-order valence-electron chi connectivity index (χ3n) is 8.66. The Balaban J connectivity index is 0.00000417. The van der Waals surface area contributed by atoms with Crippen LogP contribution in [0.1, 0.15) is 76.6 Å². The summed E-state index contributed by atoms with van der Waals surface area (Å²) in [5.74, 6) is -0.646. The molecule has 242 valence electrons. The number of hydrogen-bond donors (Lipinski definition) is 2. The fourth-order valence-electron chi connectivity index (χ4n) is 6.19. The van der Waals surface area contributed by atoms with Gasteiger partial charge < -0.3 is 24.7 Å². The van der Waals surface area contributed by atoms with Gasteiger partial charge in [-0.25, -0.2) is 0 Å². The maximum absolute atomic E-state index is 13.2. The van der Waals surface area contributed by atoms with Gasteiger partial charge in [0, 0.05) is 38.2 Å². The number of carbonyl (C=O) groups is 2. The number of amides is 2. The number of aryl methyl sites for hydroxylation is 1. The number of ether oxygens (including phenoxy) is 2. The van der Waals surface area contributed by atoms with Crippen LogP contribution in [-0.2, 0) is 29.2 Å². The van der Waals surface area contributed by atoms with Gasteiger partial charge in [-0.1, -0.05) is 62.0 Å². The summed E-state index contributed by atoms with van der Waals surface area (Å²) in [6.45, 7) is 1.70. The topological polar surface area (TPSA) is 81.6 Å². The van der Waals surface area contributed by atoms with Gasteiger partial charge >= 0.3 is 6.18 Å². The second-order valence-electron chi connectivity index (χ2n) is 11.6. The Morgan fingerprint density at radius 3 is 2.22 bits per heavy atom. The van der Waals surface area contributed by atoms with E-state index in [1.54, 1.807) is 48.1 Å². The SMILES string of the molecule is C.Cn1cc(NC(=O)c2ccccc2-c2ccc(C(F)(F)F)cc2)cc1C(=O)NCc1ccc(C2CCC3(CC2)OCCO3)cc1. The van der Waals surface area contributed by atoms with Crippen molar-refractivity contribution in [3.05, 3.63) is 113 Å². The van der Waals surface area contributed by atoms with Gasteiger partial charge in [-0.05, 0) is 65.3 Å². The van der Waals surface area contributed by atoms with E-state index >= 15 is 0 Å². The molecule has 1 aliphatic heterocycles. The first-order chi connectivity index (χ1) is 21.6. The van der Waals surface area contributed by atoms with E-state index in [-0.39, 0.29) is 19.1 Å². The lowest BCUT2D eigenvalue weighted by atomic mass is 9.81. The lowest BCUT2D eigenvalue weighted by Gasteiger charge is -2.35. The maximum Gasteiger partial charge on any atom is 0.416 e. The van der Waals surface area contributed by atoms with E-state index in [4.69, 9.17) is 9.47 Å². The van der Waals surface area contributed by atoms with Crippen LogP contribution < -0.4 is 10.6 Å². The van der Waals surface area contributed by atoms with Crippen molar-refractivity contribution in [2.24, 2.45) is 7.05 Å². The summed E-state index contributed by atoms with van der Waals surface area (Å²) in [7, 11) is 1.71. The Labute approximate surface area is 266 Å². The number of rotatable bonds is 7. The van der Waals surface area contributed by atoms with Crippen LogP contribution in [-0.4, -0.2) is 35.4 Å². The monoisotopic (exact) mass is 633 g/mol. The number of hydrogen-bond acceptors (Lipinski definition) is 4. The molecule has 2 aliphatic rings. The highest BCUT2D eigenvalue weighted by Crippen LogP contribution is 2.42. The number of aromatic nitrogens is 1. The van der Waals surface area contributed by atoms with Crippen molar-refractivity contribution < 1.29 is 32.2 Å². The smallest absolute Gasteiger partial charge is 0.348 e. The number of benzene rings is 3. The Morgan fingerprint density at radius 1 is 0.913 bits per heavy atom.